The van der Waals surface area contributed by atoms with Gasteiger partial charge in [0.15, 0.2) is 0 Å². The molecule has 0 rings (SSSR count). The molecule has 110 valence electrons. The van der Waals surface area contributed by atoms with E-state index in [9.17, 15) is 14.4 Å². The standard InChI is InChI=1S/C13H29O4P.2K/c1-3-4-5-6-7-8-9-10-11-12-13(2)17-18(14,15)16;;/h13H,3-12H2,1-2H3,(H2,14,15,16);;/q;2*+1/p-2. The SMILES string of the molecule is CCCCCCCCCCCC(C)OP(=O)([O-])[O-].[K+].[K+]. The zero-order valence-electron chi connectivity index (χ0n) is 13.7. The first kappa shape index (κ1) is 28.2. The molecule has 20 heavy (non-hydrogen) atoms. The van der Waals surface area contributed by atoms with E-state index in [0.717, 1.165) is 12.8 Å². The first-order valence-electron chi connectivity index (χ1n) is 7.16. The van der Waals surface area contributed by atoms with Crippen LogP contribution < -0.4 is 113 Å². The summed E-state index contributed by atoms with van der Waals surface area (Å²) in [5.74, 6) is 0. The third-order valence-corrected chi connectivity index (χ3v) is 3.64. The molecule has 4 nitrogen and oxygen atoms in total. The molecular formula is C13H27K2O4P. The van der Waals surface area contributed by atoms with Crippen molar-refractivity contribution in [2.45, 2.75) is 84.2 Å². The summed E-state index contributed by atoms with van der Waals surface area (Å²) in [6.45, 7) is 3.85. The van der Waals surface area contributed by atoms with E-state index in [1.54, 1.807) is 6.92 Å². The largest absolute Gasteiger partial charge is 1.00 e. The van der Waals surface area contributed by atoms with Crippen LogP contribution in [0.2, 0.25) is 0 Å². The van der Waals surface area contributed by atoms with Crippen LogP contribution in [-0.2, 0) is 9.09 Å². The molecule has 0 heterocycles. The molecule has 0 aliphatic carbocycles. The fraction of sp³-hybridized carbons (Fsp3) is 1.00. The van der Waals surface area contributed by atoms with Crippen molar-refractivity contribution in [2.75, 3.05) is 0 Å². The van der Waals surface area contributed by atoms with Crippen LogP contribution in [0.15, 0.2) is 0 Å². The summed E-state index contributed by atoms with van der Waals surface area (Å²) in [4.78, 5) is 20.7. The van der Waals surface area contributed by atoms with Crippen molar-refractivity contribution < 1.29 is 122 Å². The minimum absolute atomic E-state index is 0. The van der Waals surface area contributed by atoms with Crippen LogP contribution in [0.3, 0.4) is 0 Å². The summed E-state index contributed by atoms with van der Waals surface area (Å²) in [7, 11) is -4.80. The van der Waals surface area contributed by atoms with Gasteiger partial charge >= 0.3 is 103 Å². The smallest absolute Gasteiger partial charge is 0.790 e. The zero-order chi connectivity index (χ0) is 13.9. The number of unbranched alkanes of at least 4 members (excludes halogenated alkanes) is 8. The number of hydrogen-bond acceptors (Lipinski definition) is 4. The van der Waals surface area contributed by atoms with E-state index in [-0.39, 0.29) is 103 Å². The Morgan fingerprint density at radius 1 is 0.900 bits per heavy atom. The second-order valence-electron chi connectivity index (χ2n) is 4.98. The van der Waals surface area contributed by atoms with Crippen LogP contribution in [0.5, 0.6) is 0 Å². The van der Waals surface area contributed by atoms with Crippen LogP contribution in [0.25, 0.3) is 0 Å². The molecule has 1 atom stereocenters. The Morgan fingerprint density at radius 2 is 1.30 bits per heavy atom. The van der Waals surface area contributed by atoms with Gasteiger partial charge < -0.3 is 18.9 Å². The first-order valence-corrected chi connectivity index (χ1v) is 8.62. The molecule has 0 aromatic rings. The first-order chi connectivity index (χ1) is 8.45. The molecule has 0 N–H and O–H groups in total. The van der Waals surface area contributed by atoms with Gasteiger partial charge in [0.25, 0.3) is 0 Å². The summed E-state index contributed by atoms with van der Waals surface area (Å²) in [5.41, 5.74) is 0. The van der Waals surface area contributed by atoms with Gasteiger partial charge in [0.2, 0.25) is 0 Å². The molecule has 7 heteroatoms. The fourth-order valence-electron chi connectivity index (χ4n) is 2.02. The maximum atomic E-state index is 10.4. The molecule has 0 aromatic carbocycles. The van der Waals surface area contributed by atoms with Crippen molar-refractivity contribution in [2.24, 2.45) is 0 Å². The van der Waals surface area contributed by atoms with Gasteiger partial charge in [0.05, 0.1) is 13.9 Å². The van der Waals surface area contributed by atoms with Crippen LogP contribution in [0.1, 0.15) is 78.1 Å². The van der Waals surface area contributed by atoms with Gasteiger partial charge in [0.1, 0.15) is 0 Å². The third-order valence-electron chi connectivity index (χ3n) is 3.02. The number of hydrogen-bond donors (Lipinski definition) is 0. The maximum Gasteiger partial charge on any atom is 1.00 e. The zero-order valence-corrected chi connectivity index (χ0v) is 20.9. The summed E-state index contributed by atoms with van der Waals surface area (Å²) in [5, 5.41) is 0. The maximum absolute atomic E-state index is 10.4. The second kappa shape index (κ2) is 18.7. The molecule has 1 unspecified atom stereocenters. The van der Waals surface area contributed by atoms with Crippen molar-refractivity contribution in [3.05, 3.63) is 0 Å². The van der Waals surface area contributed by atoms with Crippen LogP contribution in [-0.4, -0.2) is 6.10 Å². The normalized spacial score (nSPS) is 12.4. The Balaban J connectivity index is -0.00000144. The average molecular weight is 357 g/mol. The average Bonchev–Trinajstić information content (AvgIpc) is 2.24. The van der Waals surface area contributed by atoms with Crippen molar-refractivity contribution in [1.82, 2.24) is 0 Å². The van der Waals surface area contributed by atoms with E-state index in [1.807, 2.05) is 0 Å². The molecule has 0 aromatic heterocycles. The van der Waals surface area contributed by atoms with Crippen LogP contribution in [0.4, 0.5) is 0 Å². The van der Waals surface area contributed by atoms with E-state index in [4.69, 9.17) is 0 Å². The van der Waals surface area contributed by atoms with E-state index in [0.29, 0.717) is 6.42 Å². The Labute approximate surface area is 209 Å². The molecule has 0 aliphatic heterocycles. The van der Waals surface area contributed by atoms with Crippen LogP contribution in [0, 0.1) is 0 Å². The molecule has 0 fully saturated rings. The van der Waals surface area contributed by atoms with Crippen molar-refractivity contribution in [3.8, 4) is 0 Å². The van der Waals surface area contributed by atoms with Gasteiger partial charge in [-0.1, -0.05) is 64.7 Å². The fourth-order valence-corrected chi connectivity index (χ4v) is 2.56. The monoisotopic (exact) mass is 356 g/mol. The molecule has 0 aliphatic rings. The number of phosphoric acid groups is 1. The number of phosphoric ester groups is 1. The Hall–Kier alpha value is 3.38. The molecule has 0 amide bonds. The van der Waals surface area contributed by atoms with Crippen molar-refractivity contribution >= 4 is 7.82 Å². The summed E-state index contributed by atoms with van der Waals surface area (Å²) < 4.78 is 14.7. The van der Waals surface area contributed by atoms with Gasteiger partial charge in [-0.05, 0) is 13.3 Å². The van der Waals surface area contributed by atoms with Crippen LogP contribution >= 0.6 is 7.82 Å². The van der Waals surface area contributed by atoms with Gasteiger partial charge in [-0.25, -0.2) is 0 Å². The van der Waals surface area contributed by atoms with E-state index in [1.165, 1.54) is 44.9 Å². The minimum Gasteiger partial charge on any atom is -0.790 e. The van der Waals surface area contributed by atoms with Crippen molar-refractivity contribution in [3.63, 3.8) is 0 Å². The summed E-state index contributed by atoms with van der Waals surface area (Å²) in [6.07, 6.45) is 11.2. The Kier molecular flexibility index (Phi) is 26.4. The number of rotatable bonds is 12. The van der Waals surface area contributed by atoms with Gasteiger partial charge in [0, 0.05) is 0 Å². The molecule has 0 bridgehead atoms. The third kappa shape index (κ3) is 23.6. The van der Waals surface area contributed by atoms with Gasteiger partial charge in [-0.15, -0.1) is 0 Å². The van der Waals surface area contributed by atoms with Crippen molar-refractivity contribution in [1.29, 1.82) is 0 Å². The van der Waals surface area contributed by atoms with E-state index in [2.05, 4.69) is 11.4 Å². The predicted molar refractivity (Wildman–Crippen MR) is 70.0 cm³/mol. The Bertz CT molecular complexity index is 236. The summed E-state index contributed by atoms with van der Waals surface area (Å²) >= 11 is 0. The topological polar surface area (TPSA) is 72.4 Å². The molecule has 0 saturated heterocycles. The molecule has 0 spiro atoms. The van der Waals surface area contributed by atoms with Gasteiger partial charge in [-0.2, -0.15) is 0 Å². The molecule has 0 saturated carbocycles. The van der Waals surface area contributed by atoms with E-state index < -0.39 is 13.9 Å². The van der Waals surface area contributed by atoms with Gasteiger partial charge in [-0.3, -0.25) is 0 Å². The quantitative estimate of drug-likeness (QED) is 0.214. The second-order valence-corrected chi connectivity index (χ2v) is 6.09. The van der Waals surface area contributed by atoms with E-state index >= 15 is 0 Å². The summed E-state index contributed by atoms with van der Waals surface area (Å²) in [6, 6.07) is 0. The molecular weight excluding hydrogens is 329 g/mol. The predicted octanol–water partition coefficient (Wildman–Crippen LogP) is -2.85. The Morgan fingerprint density at radius 3 is 1.70 bits per heavy atom. The molecule has 0 radical (unpaired) electrons. The minimum atomic E-state index is -4.80.